The molecule has 1 aliphatic heterocycles. The first-order valence-electron chi connectivity index (χ1n) is 3.59. The highest BCUT2D eigenvalue weighted by atomic mass is 16.6. The summed E-state index contributed by atoms with van der Waals surface area (Å²) in [6.45, 7) is 0.591. The van der Waals surface area contributed by atoms with Gasteiger partial charge in [-0.15, -0.1) is 0 Å². The van der Waals surface area contributed by atoms with Crippen LogP contribution in [-0.4, -0.2) is 18.5 Å². The van der Waals surface area contributed by atoms with Gasteiger partial charge < -0.3 is 4.74 Å². The molecule has 0 saturated carbocycles. The first-order valence-corrected chi connectivity index (χ1v) is 3.59. The van der Waals surface area contributed by atoms with E-state index in [1.54, 1.807) is 0 Å². The fraction of sp³-hybridized carbons (Fsp3) is 0.222. The van der Waals surface area contributed by atoms with E-state index in [-0.39, 0.29) is 11.9 Å². The summed E-state index contributed by atoms with van der Waals surface area (Å²) in [4.78, 5) is 11.3. The number of ether oxygens (including phenoxy) is 1. The third-order valence-electron chi connectivity index (χ3n) is 1.68. The number of ketones is 1. The summed E-state index contributed by atoms with van der Waals surface area (Å²) < 4.78 is 4.88. The highest BCUT2D eigenvalue weighted by Gasteiger charge is 2.31. The van der Waals surface area contributed by atoms with E-state index < -0.39 is 0 Å². The van der Waals surface area contributed by atoms with Crippen molar-refractivity contribution in [2.45, 2.75) is 6.10 Å². The molecule has 0 radical (unpaired) electrons. The van der Waals surface area contributed by atoms with Crippen molar-refractivity contribution in [3.8, 4) is 0 Å². The predicted octanol–water partition coefficient (Wildman–Crippen LogP) is 1.27. The van der Waals surface area contributed by atoms with Gasteiger partial charge in [-0.3, -0.25) is 4.79 Å². The predicted molar refractivity (Wildman–Crippen MR) is 40.5 cm³/mol. The van der Waals surface area contributed by atoms with Crippen molar-refractivity contribution >= 4 is 5.78 Å². The van der Waals surface area contributed by atoms with Gasteiger partial charge in [0.05, 0.1) is 6.61 Å². The number of hydrogen-bond donors (Lipinski definition) is 0. The maximum absolute atomic E-state index is 11.3. The third kappa shape index (κ3) is 1.30. The van der Waals surface area contributed by atoms with E-state index in [1.807, 2.05) is 30.3 Å². The fourth-order valence-corrected chi connectivity index (χ4v) is 0.988. The highest BCUT2D eigenvalue weighted by molar-refractivity contribution is 6.00. The zero-order valence-corrected chi connectivity index (χ0v) is 5.99. The molecule has 2 nitrogen and oxygen atoms in total. The van der Waals surface area contributed by atoms with Crippen molar-refractivity contribution in [1.29, 1.82) is 0 Å². The molecule has 1 aliphatic rings. The Bertz CT molecular complexity index is 262. The van der Waals surface area contributed by atoms with Gasteiger partial charge in [0.2, 0.25) is 0 Å². The molecule has 0 amide bonds. The average molecular weight is 148 g/mol. The second-order valence-corrected chi connectivity index (χ2v) is 2.55. The molecule has 2 rings (SSSR count). The molecule has 0 spiro atoms. The molecule has 1 heterocycles. The molecule has 1 saturated heterocycles. The van der Waals surface area contributed by atoms with Crippen molar-refractivity contribution in [3.05, 3.63) is 35.9 Å². The fourth-order valence-electron chi connectivity index (χ4n) is 0.988. The van der Waals surface area contributed by atoms with Gasteiger partial charge in [-0.25, -0.2) is 0 Å². The zero-order valence-electron chi connectivity index (χ0n) is 5.99. The van der Waals surface area contributed by atoms with Gasteiger partial charge in [0.15, 0.2) is 5.78 Å². The number of hydrogen-bond acceptors (Lipinski definition) is 2. The topological polar surface area (TPSA) is 29.6 Å². The number of benzene rings is 1. The smallest absolute Gasteiger partial charge is 0.193 e. The summed E-state index contributed by atoms with van der Waals surface area (Å²) >= 11 is 0. The minimum Gasteiger partial charge on any atom is -0.364 e. The van der Waals surface area contributed by atoms with Crippen molar-refractivity contribution < 1.29 is 9.53 Å². The molecule has 56 valence electrons. The Morgan fingerprint density at radius 2 is 2.00 bits per heavy atom. The molecule has 2 heteroatoms. The SMILES string of the molecule is O=C(c1ccccc1)[C@H]1CO1. The Hall–Kier alpha value is -1.15. The normalized spacial score (nSPS) is 21.3. The molecule has 1 atom stereocenters. The van der Waals surface area contributed by atoms with E-state index >= 15 is 0 Å². The van der Waals surface area contributed by atoms with E-state index in [0.29, 0.717) is 6.61 Å². The van der Waals surface area contributed by atoms with Crippen LogP contribution in [0.25, 0.3) is 0 Å². The summed E-state index contributed by atoms with van der Waals surface area (Å²) in [7, 11) is 0. The average Bonchev–Trinajstić information content (AvgIpc) is 2.87. The third-order valence-corrected chi connectivity index (χ3v) is 1.68. The number of Topliss-reactive ketones (excluding diaryl/α,β-unsaturated/α-hetero) is 1. The largest absolute Gasteiger partial charge is 0.364 e. The Morgan fingerprint density at radius 3 is 2.55 bits per heavy atom. The van der Waals surface area contributed by atoms with Crippen LogP contribution in [0.3, 0.4) is 0 Å². The molecule has 0 N–H and O–H groups in total. The van der Waals surface area contributed by atoms with E-state index in [1.165, 1.54) is 0 Å². The Kier molecular flexibility index (Phi) is 1.47. The molecule has 1 fully saturated rings. The van der Waals surface area contributed by atoms with Crippen LogP contribution >= 0.6 is 0 Å². The van der Waals surface area contributed by atoms with Gasteiger partial charge >= 0.3 is 0 Å². The van der Waals surface area contributed by atoms with Crippen LogP contribution in [-0.2, 0) is 4.74 Å². The van der Waals surface area contributed by atoms with E-state index in [2.05, 4.69) is 0 Å². The summed E-state index contributed by atoms with van der Waals surface area (Å²) in [5.74, 6) is 0.102. The molecular formula is C9H8O2. The van der Waals surface area contributed by atoms with Gasteiger partial charge in [-0.2, -0.15) is 0 Å². The molecule has 1 aromatic rings. The number of rotatable bonds is 2. The zero-order chi connectivity index (χ0) is 7.68. The van der Waals surface area contributed by atoms with Crippen LogP contribution in [0, 0.1) is 0 Å². The maximum Gasteiger partial charge on any atom is 0.193 e. The maximum atomic E-state index is 11.3. The molecule has 0 unspecified atom stereocenters. The van der Waals surface area contributed by atoms with Gasteiger partial charge in [0.25, 0.3) is 0 Å². The summed E-state index contributed by atoms with van der Waals surface area (Å²) in [5.41, 5.74) is 0.745. The lowest BCUT2D eigenvalue weighted by molar-refractivity contribution is 0.0953. The number of epoxide rings is 1. The van der Waals surface area contributed by atoms with E-state index in [0.717, 1.165) is 5.56 Å². The van der Waals surface area contributed by atoms with E-state index in [9.17, 15) is 4.79 Å². The Morgan fingerprint density at radius 1 is 1.36 bits per heavy atom. The van der Waals surface area contributed by atoms with Crippen LogP contribution in [0.15, 0.2) is 30.3 Å². The van der Waals surface area contributed by atoms with Crippen molar-refractivity contribution in [1.82, 2.24) is 0 Å². The van der Waals surface area contributed by atoms with Gasteiger partial charge in [0.1, 0.15) is 6.10 Å². The van der Waals surface area contributed by atoms with Gasteiger partial charge in [0, 0.05) is 5.56 Å². The molecule has 1 aromatic carbocycles. The van der Waals surface area contributed by atoms with Crippen LogP contribution in [0.2, 0.25) is 0 Å². The molecule has 0 aliphatic carbocycles. The molecule has 0 bridgehead atoms. The highest BCUT2D eigenvalue weighted by Crippen LogP contribution is 2.15. The first-order chi connectivity index (χ1) is 5.38. The van der Waals surface area contributed by atoms with Crippen LogP contribution in [0.4, 0.5) is 0 Å². The lowest BCUT2D eigenvalue weighted by Gasteiger charge is -1.93. The molecular weight excluding hydrogens is 140 g/mol. The van der Waals surface area contributed by atoms with Gasteiger partial charge in [-0.05, 0) is 0 Å². The van der Waals surface area contributed by atoms with E-state index in [4.69, 9.17) is 4.74 Å². The summed E-state index contributed by atoms with van der Waals surface area (Å²) in [6, 6.07) is 9.23. The minimum absolute atomic E-state index is 0.102. The van der Waals surface area contributed by atoms with Crippen LogP contribution < -0.4 is 0 Å². The summed E-state index contributed by atoms with van der Waals surface area (Å²) in [5, 5.41) is 0. The minimum atomic E-state index is -0.155. The number of carbonyl (C=O) groups excluding carboxylic acids is 1. The van der Waals surface area contributed by atoms with Gasteiger partial charge in [-0.1, -0.05) is 30.3 Å². The van der Waals surface area contributed by atoms with Crippen molar-refractivity contribution in [2.24, 2.45) is 0 Å². The first kappa shape index (κ1) is 6.55. The molecule has 0 aromatic heterocycles. The lowest BCUT2D eigenvalue weighted by atomic mass is 10.1. The van der Waals surface area contributed by atoms with Crippen molar-refractivity contribution in [3.63, 3.8) is 0 Å². The Labute approximate surface area is 64.8 Å². The van der Waals surface area contributed by atoms with Crippen molar-refractivity contribution in [2.75, 3.05) is 6.61 Å². The monoisotopic (exact) mass is 148 g/mol. The second kappa shape index (κ2) is 2.47. The Balaban J connectivity index is 2.22. The molecule has 11 heavy (non-hydrogen) atoms. The standard InChI is InChI=1S/C9H8O2/c10-9(8-6-11-8)7-4-2-1-3-5-7/h1-5,8H,6H2/t8-/m1/s1. The second-order valence-electron chi connectivity index (χ2n) is 2.55. The van der Waals surface area contributed by atoms with Crippen LogP contribution in [0.1, 0.15) is 10.4 Å². The van der Waals surface area contributed by atoms with Crippen LogP contribution in [0.5, 0.6) is 0 Å². The lowest BCUT2D eigenvalue weighted by Crippen LogP contribution is -2.06. The number of carbonyl (C=O) groups is 1. The summed E-state index contributed by atoms with van der Waals surface area (Å²) in [6.07, 6.45) is -0.155. The quantitative estimate of drug-likeness (QED) is 0.467.